The normalized spacial score (nSPS) is 12.5. The minimum Gasteiger partial charge on any atom is -0.488 e. The maximum Gasteiger partial charge on any atom is 0.122 e. The Morgan fingerprint density at radius 2 is 2.12 bits per heavy atom. The van der Waals surface area contributed by atoms with Crippen LogP contribution in [0.25, 0.3) is 6.08 Å². The van der Waals surface area contributed by atoms with Crippen molar-refractivity contribution in [2.75, 3.05) is 6.61 Å². The fraction of sp³-hybridized carbons (Fsp3) is 0.467. The fourth-order valence-electron chi connectivity index (χ4n) is 1.44. The van der Waals surface area contributed by atoms with Gasteiger partial charge in [0.05, 0.1) is 12.7 Å². The third-order valence-electron chi connectivity index (χ3n) is 2.47. The highest BCUT2D eigenvalue weighted by molar-refractivity contribution is 5.49. The molecule has 2 nitrogen and oxygen atoms in total. The van der Waals surface area contributed by atoms with Crippen LogP contribution in [-0.2, 0) is 4.74 Å². The first-order valence-corrected chi connectivity index (χ1v) is 6.16. The van der Waals surface area contributed by atoms with Crippen LogP contribution in [0.3, 0.4) is 0 Å². The summed E-state index contributed by atoms with van der Waals surface area (Å²) < 4.78 is 11.5. The molecule has 0 amide bonds. The van der Waals surface area contributed by atoms with Crippen LogP contribution in [0.15, 0.2) is 30.8 Å². The lowest BCUT2D eigenvalue weighted by molar-refractivity contribution is 0.0151. The van der Waals surface area contributed by atoms with Gasteiger partial charge in [-0.1, -0.05) is 31.7 Å². The van der Waals surface area contributed by atoms with Crippen molar-refractivity contribution in [2.24, 2.45) is 0 Å². The van der Waals surface area contributed by atoms with Gasteiger partial charge in [0.25, 0.3) is 0 Å². The van der Waals surface area contributed by atoms with Crippen molar-refractivity contribution in [2.45, 2.75) is 39.4 Å². The van der Waals surface area contributed by atoms with Crippen molar-refractivity contribution in [3.63, 3.8) is 0 Å². The van der Waals surface area contributed by atoms with Gasteiger partial charge in [-0.05, 0) is 38.0 Å². The van der Waals surface area contributed by atoms with Gasteiger partial charge in [0.1, 0.15) is 11.9 Å². The predicted octanol–water partition coefficient (Wildman–Crippen LogP) is 3.91. The molecule has 0 bridgehead atoms. The Bertz CT molecular complexity index is 345. The van der Waals surface area contributed by atoms with Gasteiger partial charge in [0.15, 0.2) is 0 Å². The summed E-state index contributed by atoms with van der Waals surface area (Å²) in [6.45, 7) is 10.6. The second kappa shape index (κ2) is 7.13. The molecule has 17 heavy (non-hydrogen) atoms. The lowest BCUT2D eigenvalue weighted by Gasteiger charge is -2.19. The van der Waals surface area contributed by atoms with Gasteiger partial charge >= 0.3 is 0 Å². The van der Waals surface area contributed by atoms with Crippen LogP contribution in [0, 0.1) is 0 Å². The zero-order valence-electron chi connectivity index (χ0n) is 11.0. The van der Waals surface area contributed by atoms with Crippen LogP contribution in [0.4, 0.5) is 0 Å². The highest BCUT2D eigenvalue weighted by atomic mass is 16.5. The van der Waals surface area contributed by atoms with E-state index in [-0.39, 0.29) is 12.2 Å². The maximum absolute atomic E-state index is 5.88. The molecule has 1 atom stereocenters. The molecule has 0 radical (unpaired) electrons. The molecule has 0 spiro atoms. The molecule has 94 valence electrons. The Kier molecular flexibility index (Phi) is 5.78. The second-order valence-electron chi connectivity index (χ2n) is 4.31. The van der Waals surface area contributed by atoms with E-state index in [9.17, 15) is 0 Å². The largest absolute Gasteiger partial charge is 0.488 e. The van der Waals surface area contributed by atoms with Gasteiger partial charge in [-0.3, -0.25) is 0 Å². The molecular formula is C15H22O2. The highest BCUT2D eigenvalue weighted by Gasteiger charge is 2.09. The van der Waals surface area contributed by atoms with Crippen molar-refractivity contribution in [1.29, 1.82) is 0 Å². The molecule has 1 aromatic rings. The summed E-state index contributed by atoms with van der Waals surface area (Å²) in [6, 6.07) is 7.93. The average Bonchev–Trinajstić information content (AvgIpc) is 2.34. The lowest BCUT2D eigenvalue weighted by atomic mass is 10.2. The first-order valence-electron chi connectivity index (χ1n) is 6.16. The molecule has 0 aliphatic heterocycles. The summed E-state index contributed by atoms with van der Waals surface area (Å²) in [5.41, 5.74) is 1.07. The number of benzene rings is 1. The Morgan fingerprint density at radius 3 is 2.71 bits per heavy atom. The van der Waals surface area contributed by atoms with E-state index in [1.807, 2.05) is 44.2 Å². The van der Waals surface area contributed by atoms with Crippen molar-refractivity contribution >= 4 is 6.08 Å². The molecule has 0 aromatic heterocycles. The van der Waals surface area contributed by atoms with E-state index >= 15 is 0 Å². The van der Waals surface area contributed by atoms with Gasteiger partial charge in [-0.25, -0.2) is 0 Å². The number of rotatable bonds is 7. The number of hydrogen-bond acceptors (Lipinski definition) is 2. The fourth-order valence-corrected chi connectivity index (χ4v) is 1.44. The zero-order valence-corrected chi connectivity index (χ0v) is 11.0. The van der Waals surface area contributed by atoms with Crippen LogP contribution in [0.1, 0.15) is 32.8 Å². The third-order valence-corrected chi connectivity index (χ3v) is 2.47. The molecule has 2 heteroatoms. The van der Waals surface area contributed by atoms with Crippen molar-refractivity contribution in [3.05, 3.63) is 36.4 Å². The predicted molar refractivity (Wildman–Crippen MR) is 72.3 cm³/mol. The molecule has 1 rings (SSSR count). The zero-order chi connectivity index (χ0) is 12.7. The third kappa shape index (κ3) is 5.05. The van der Waals surface area contributed by atoms with Crippen molar-refractivity contribution in [1.82, 2.24) is 0 Å². The van der Waals surface area contributed by atoms with Crippen LogP contribution in [0.2, 0.25) is 0 Å². The van der Waals surface area contributed by atoms with E-state index in [1.54, 1.807) is 0 Å². The minimum absolute atomic E-state index is 0.109. The molecule has 0 fully saturated rings. The molecule has 0 heterocycles. The average molecular weight is 234 g/mol. The summed E-state index contributed by atoms with van der Waals surface area (Å²) in [5, 5.41) is 0. The highest BCUT2D eigenvalue weighted by Crippen LogP contribution is 2.17. The minimum atomic E-state index is 0.109. The lowest BCUT2D eigenvalue weighted by Crippen LogP contribution is -2.24. The Morgan fingerprint density at radius 1 is 1.35 bits per heavy atom. The smallest absolute Gasteiger partial charge is 0.122 e. The Balaban J connectivity index is 2.57. The molecule has 0 aliphatic rings. The molecule has 1 unspecified atom stereocenters. The Labute approximate surface area is 104 Å². The summed E-state index contributed by atoms with van der Waals surface area (Å²) in [4.78, 5) is 0. The first-order chi connectivity index (χ1) is 8.15. The summed E-state index contributed by atoms with van der Waals surface area (Å²) in [6.07, 6.45) is 3.10. The van der Waals surface area contributed by atoms with E-state index in [4.69, 9.17) is 9.47 Å². The monoisotopic (exact) mass is 234 g/mol. The quantitative estimate of drug-likeness (QED) is 0.712. The molecule has 0 N–H and O–H groups in total. The molecule has 1 aromatic carbocycles. The maximum atomic E-state index is 5.88. The van der Waals surface area contributed by atoms with E-state index in [0.29, 0.717) is 6.61 Å². The van der Waals surface area contributed by atoms with E-state index < -0.39 is 0 Å². The van der Waals surface area contributed by atoms with Crippen LogP contribution in [0.5, 0.6) is 5.75 Å². The molecule has 0 saturated carbocycles. The van der Waals surface area contributed by atoms with Gasteiger partial charge in [0, 0.05) is 0 Å². The molecular weight excluding hydrogens is 212 g/mol. The summed E-state index contributed by atoms with van der Waals surface area (Å²) in [5.74, 6) is 0.876. The topological polar surface area (TPSA) is 18.5 Å². The second-order valence-corrected chi connectivity index (χ2v) is 4.31. The number of hydrogen-bond donors (Lipinski definition) is 0. The standard InChI is InChI=1S/C15H22O2/c1-5-13-8-7-9-15(10-13)17-14(6-2)11-16-12(3)4/h5,7-10,12,14H,1,6,11H2,2-4H3. The van der Waals surface area contributed by atoms with Crippen LogP contribution in [-0.4, -0.2) is 18.8 Å². The SMILES string of the molecule is C=Cc1cccc(OC(CC)COC(C)C)c1. The summed E-state index contributed by atoms with van der Waals surface area (Å²) in [7, 11) is 0. The summed E-state index contributed by atoms with van der Waals surface area (Å²) >= 11 is 0. The number of ether oxygens (including phenoxy) is 2. The van der Waals surface area contributed by atoms with Crippen LogP contribution >= 0.6 is 0 Å². The molecule has 0 saturated heterocycles. The van der Waals surface area contributed by atoms with Crippen molar-refractivity contribution in [3.8, 4) is 5.75 Å². The van der Waals surface area contributed by atoms with E-state index in [1.165, 1.54) is 0 Å². The van der Waals surface area contributed by atoms with Gasteiger partial charge in [0.2, 0.25) is 0 Å². The van der Waals surface area contributed by atoms with Crippen LogP contribution < -0.4 is 4.74 Å². The Hall–Kier alpha value is -1.28. The van der Waals surface area contributed by atoms with Gasteiger partial charge < -0.3 is 9.47 Å². The van der Waals surface area contributed by atoms with Gasteiger partial charge in [-0.2, -0.15) is 0 Å². The first kappa shape index (κ1) is 13.8. The van der Waals surface area contributed by atoms with Crippen molar-refractivity contribution < 1.29 is 9.47 Å². The van der Waals surface area contributed by atoms with E-state index in [2.05, 4.69) is 13.5 Å². The van der Waals surface area contributed by atoms with E-state index in [0.717, 1.165) is 17.7 Å². The van der Waals surface area contributed by atoms with Gasteiger partial charge in [-0.15, -0.1) is 0 Å². The molecule has 0 aliphatic carbocycles.